The van der Waals surface area contributed by atoms with E-state index < -0.39 is 11.0 Å². The lowest BCUT2D eigenvalue weighted by Crippen LogP contribution is -2.55. The Kier molecular flexibility index (Phi) is 3.65. The van der Waals surface area contributed by atoms with Crippen LogP contribution < -0.4 is 5.73 Å². The molecule has 0 aromatic rings. The smallest absolute Gasteiger partial charge is 0.235 e. The summed E-state index contributed by atoms with van der Waals surface area (Å²) < 4.78 is 0. The van der Waals surface area contributed by atoms with Crippen molar-refractivity contribution in [1.82, 2.24) is 4.90 Å². The van der Waals surface area contributed by atoms with Crippen molar-refractivity contribution < 1.29 is 9.90 Å². The molecule has 0 aromatic heterocycles. The Morgan fingerprint density at radius 3 is 2.39 bits per heavy atom. The third-order valence-electron chi connectivity index (χ3n) is 4.30. The van der Waals surface area contributed by atoms with E-state index in [1.807, 2.05) is 0 Å². The van der Waals surface area contributed by atoms with Gasteiger partial charge >= 0.3 is 0 Å². The van der Waals surface area contributed by atoms with Crippen LogP contribution in [-0.4, -0.2) is 39.6 Å². The second-order valence-corrected chi connectivity index (χ2v) is 6.42. The molecule has 102 valence electrons. The minimum Gasteiger partial charge on any atom is -0.392 e. The summed E-state index contributed by atoms with van der Waals surface area (Å²) in [6.07, 6.45) is 5.13. The minimum atomic E-state index is -0.774. The molecule has 18 heavy (non-hydrogen) atoms. The summed E-state index contributed by atoms with van der Waals surface area (Å²) in [6, 6.07) is 0. The monoisotopic (exact) mass is 270 g/mol. The van der Waals surface area contributed by atoms with E-state index in [9.17, 15) is 9.90 Å². The van der Waals surface area contributed by atoms with E-state index in [4.69, 9.17) is 18.0 Å². The van der Waals surface area contributed by atoms with Crippen LogP contribution in [0.3, 0.4) is 0 Å². The topological polar surface area (TPSA) is 66.6 Å². The van der Waals surface area contributed by atoms with Gasteiger partial charge in [0.05, 0.1) is 16.0 Å². The average molecular weight is 270 g/mol. The first kappa shape index (κ1) is 13.7. The lowest BCUT2D eigenvalue weighted by atomic mass is 9.83. The predicted octanol–water partition coefficient (Wildman–Crippen LogP) is 1.21. The van der Waals surface area contributed by atoms with E-state index in [0.29, 0.717) is 18.1 Å². The molecule has 1 unspecified atom stereocenters. The number of piperidine rings is 1. The molecule has 3 N–H and O–H groups in total. The fraction of sp³-hybridized carbons (Fsp3) is 0.846. The van der Waals surface area contributed by atoms with Crippen LogP contribution in [-0.2, 0) is 4.79 Å². The lowest BCUT2D eigenvalue weighted by Gasteiger charge is -2.41. The van der Waals surface area contributed by atoms with Gasteiger partial charge in [0.1, 0.15) is 0 Å². The van der Waals surface area contributed by atoms with Gasteiger partial charge in [-0.1, -0.05) is 25.1 Å². The van der Waals surface area contributed by atoms with Gasteiger partial charge in [0.25, 0.3) is 0 Å². The maximum Gasteiger partial charge on any atom is 0.235 e. The van der Waals surface area contributed by atoms with Gasteiger partial charge in [-0.2, -0.15) is 0 Å². The van der Waals surface area contributed by atoms with E-state index in [1.54, 1.807) is 11.8 Å². The molecule has 2 aliphatic rings. The maximum atomic E-state index is 12.7. The van der Waals surface area contributed by atoms with Gasteiger partial charge < -0.3 is 15.7 Å². The summed E-state index contributed by atoms with van der Waals surface area (Å²) in [6.45, 7) is 2.89. The fourth-order valence-corrected chi connectivity index (χ4v) is 3.53. The van der Waals surface area contributed by atoms with Crippen molar-refractivity contribution in [3.63, 3.8) is 0 Å². The molecular formula is C13H22N2O2S. The first-order chi connectivity index (χ1) is 8.37. The predicted molar refractivity (Wildman–Crippen MR) is 74.1 cm³/mol. The molecular weight excluding hydrogens is 248 g/mol. The van der Waals surface area contributed by atoms with Crippen LogP contribution >= 0.6 is 12.2 Å². The molecule has 1 heterocycles. The molecule has 1 amide bonds. The highest BCUT2D eigenvalue weighted by molar-refractivity contribution is 7.80. The number of carbonyl (C=O) groups is 1. The number of amides is 1. The summed E-state index contributed by atoms with van der Waals surface area (Å²) >= 11 is 5.14. The molecule has 2 rings (SSSR count). The second kappa shape index (κ2) is 4.78. The Bertz CT molecular complexity index is 362. The fourth-order valence-electron chi connectivity index (χ4n) is 3.24. The molecule has 1 saturated carbocycles. The van der Waals surface area contributed by atoms with E-state index in [0.717, 1.165) is 38.5 Å². The number of thiocarbonyl (C=S) groups is 1. The molecule has 1 aliphatic carbocycles. The van der Waals surface area contributed by atoms with Crippen LogP contribution in [0.2, 0.25) is 0 Å². The van der Waals surface area contributed by atoms with Crippen molar-refractivity contribution in [1.29, 1.82) is 0 Å². The molecule has 0 bridgehead atoms. The first-order valence-corrected chi connectivity index (χ1v) is 7.10. The van der Waals surface area contributed by atoms with Crippen molar-refractivity contribution in [3.8, 4) is 0 Å². The minimum absolute atomic E-state index is 0.0347. The zero-order chi connectivity index (χ0) is 13.4. The lowest BCUT2D eigenvalue weighted by molar-refractivity contribution is -0.144. The molecule has 0 radical (unpaired) electrons. The average Bonchev–Trinajstić information content (AvgIpc) is 2.76. The van der Waals surface area contributed by atoms with Crippen LogP contribution in [0.15, 0.2) is 0 Å². The highest BCUT2D eigenvalue weighted by Crippen LogP contribution is 2.41. The summed E-state index contributed by atoms with van der Waals surface area (Å²) in [5.41, 5.74) is 4.42. The summed E-state index contributed by atoms with van der Waals surface area (Å²) in [4.78, 5) is 14.8. The normalized spacial score (nSPS) is 31.3. The largest absolute Gasteiger partial charge is 0.392 e. The third kappa shape index (κ3) is 2.38. The van der Waals surface area contributed by atoms with Crippen LogP contribution in [0.25, 0.3) is 0 Å². The Balaban J connectivity index is 2.17. The first-order valence-electron chi connectivity index (χ1n) is 6.69. The van der Waals surface area contributed by atoms with Gasteiger partial charge in [-0.3, -0.25) is 4.79 Å². The van der Waals surface area contributed by atoms with Gasteiger partial charge in [0.2, 0.25) is 5.91 Å². The van der Waals surface area contributed by atoms with E-state index in [1.165, 1.54) is 0 Å². The number of rotatable bonds is 2. The summed E-state index contributed by atoms with van der Waals surface area (Å²) in [5.74, 6) is 0.0347. The van der Waals surface area contributed by atoms with Crippen LogP contribution in [0.5, 0.6) is 0 Å². The molecule has 0 spiro atoms. The molecule has 1 saturated heterocycles. The van der Waals surface area contributed by atoms with E-state index in [-0.39, 0.29) is 5.91 Å². The Labute approximate surface area is 114 Å². The standard InChI is InChI=1S/C13H22N2O2S/c1-12(17)5-4-8-15(9-12)11(16)13(10(14)18)6-2-3-7-13/h17H,2-9H2,1H3,(H2,14,18). The molecule has 1 atom stereocenters. The van der Waals surface area contributed by atoms with E-state index in [2.05, 4.69) is 0 Å². The van der Waals surface area contributed by atoms with Crippen LogP contribution in [0.1, 0.15) is 45.4 Å². The van der Waals surface area contributed by atoms with Crippen molar-refractivity contribution in [3.05, 3.63) is 0 Å². The number of hydrogen-bond donors (Lipinski definition) is 2. The zero-order valence-electron chi connectivity index (χ0n) is 10.9. The summed E-state index contributed by atoms with van der Waals surface area (Å²) in [5, 5.41) is 10.1. The highest BCUT2D eigenvalue weighted by atomic mass is 32.1. The molecule has 2 fully saturated rings. The molecule has 0 aromatic carbocycles. The Morgan fingerprint density at radius 2 is 1.89 bits per heavy atom. The van der Waals surface area contributed by atoms with Gasteiger partial charge in [0, 0.05) is 13.1 Å². The summed E-state index contributed by atoms with van der Waals surface area (Å²) in [7, 11) is 0. The van der Waals surface area contributed by atoms with Crippen LogP contribution in [0.4, 0.5) is 0 Å². The SMILES string of the molecule is CC1(O)CCCN(C(=O)C2(C(N)=S)CCCC2)C1. The van der Waals surface area contributed by atoms with Gasteiger partial charge in [-0.25, -0.2) is 0 Å². The molecule has 4 nitrogen and oxygen atoms in total. The number of hydrogen-bond acceptors (Lipinski definition) is 3. The van der Waals surface area contributed by atoms with Gasteiger partial charge in [0.15, 0.2) is 0 Å². The molecule has 5 heteroatoms. The van der Waals surface area contributed by atoms with E-state index >= 15 is 0 Å². The number of β-amino-alcohol motifs (C(OH)–C–C–N with tert-alkyl or cyclic N) is 1. The number of aliphatic hydroxyl groups is 1. The van der Waals surface area contributed by atoms with Crippen molar-refractivity contribution in [2.75, 3.05) is 13.1 Å². The van der Waals surface area contributed by atoms with Crippen molar-refractivity contribution in [2.24, 2.45) is 11.1 Å². The number of nitrogens with two attached hydrogens (primary N) is 1. The second-order valence-electron chi connectivity index (χ2n) is 5.98. The quantitative estimate of drug-likeness (QED) is 0.740. The zero-order valence-corrected chi connectivity index (χ0v) is 11.8. The third-order valence-corrected chi connectivity index (χ3v) is 4.69. The Morgan fingerprint density at radius 1 is 1.28 bits per heavy atom. The number of nitrogens with zero attached hydrogens (tertiary/aromatic N) is 1. The molecule has 1 aliphatic heterocycles. The number of carbonyl (C=O) groups excluding carboxylic acids is 1. The Hall–Kier alpha value is -0.680. The van der Waals surface area contributed by atoms with Crippen LogP contribution in [0, 0.1) is 5.41 Å². The van der Waals surface area contributed by atoms with Gasteiger partial charge in [-0.05, 0) is 32.6 Å². The van der Waals surface area contributed by atoms with Crippen molar-refractivity contribution >= 4 is 23.1 Å². The highest BCUT2D eigenvalue weighted by Gasteiger charge is 2.47. The van der Waals surface area contributed by atoms with Gasteiger partial charge in [-0.15, -0.1) is 0 Å². The maximum absolute atomic E-state index is 12.7. The number of likely N-dealkylation sites (tertiary alicyclic amines) is 1. The van der Waals surface area contributed by atoms with Crippen molar-refractivity contribution in [2.45, 2.75) is 51.0 Å².